The highest BCUT2D eigenvalue weighted by atomic mass is 16.3. The second-order valence-corrected chi connectivity index (χ2v) is 4.95. The second kappa shape index (κ2) is 4.60. The molecule has 20 heavy (non-hydrogen) atoms. The van der Waals surface area contributed by atoms with E-state index in [1.54, 1.807) is 12.4 Å². The lowest BCUT2D eigenvalue weighted by Gasteiger charge is -2.05. The van der Waals surface area contributed by atoms with Crippen LogP contribution in [-0.4, -0.2) is 10.8 Å². The molecule has 0 fully saturated rings. The average molecular weight is 265 g/mol. The number of carbonyl (C=O) groups is 1. The third-order valence-corrected chi connectivity index (χ3v) is 3.71. The number of hydrogen-bond donors (Lipinski definition) is 0. The van der Waals surface area contributed by atoms with E-state index in [1.165, 1.54) is 0 Å². The van der Waals surface area contributed by atoms with E-state index in [-0.39, 0.29) is 5.78 Å². The number of rotatable bonds is 2. The van der Waals surface area contributed by atoms with E-state index in [9.17, 15) is 4.79 Å². The van der Waals surface area contributed by atoms with E-state index in [1.807, 2.05) is 45.0 Å². The molecule has 0 unspecified atom stereocenters. The lowest BCUT2D eigenvalue weighted by molar-refractivity contribution is 0.103. The van der Waals surface area contributed by atoms with Crippen molar-refractivity contribution in [3.05, 3.63) is 64.9 Å². The van der Waals surface area contributed by atoms with Crippen molar-refractivity contribution >= 4 is 16.6 Å². The zero-order valence-corrected chi connectivity index (χ0v) is 11.7. The van der Waals surface area contributed by atoms with Gasteiger partial charge in [-0.2, -0.15) is 0 Å². The Balaban J connectivity index is 2.23. The summed E-state index contributed by atoms with van der Waals surface area (Å²) in [5.74, 6) is 1.48. The summed E-state index contributed by atoms with van der Waals surface area (Å²) in [7, 11) is 0. The molecule has 3 nitrogen and oxygen atoms in total. The Hall–Kier alpha value is -2.42. The number of furan rings is 1. The normalized spacial score (nSPS) is 10.9. The van der Waals surface area contributed by atoms with E-state index in [4.69, 9.17) is 4.42 Å². The fraction of sp³-hybridized carbons (Fsp3) is 0.176. The Morgan fingerprint density at radius 2 is 1.90 bits per heavy atom. The summed E-state index contributed by atoms with van der Waals surface area (Å²) >= 11 is 0. The van der Waals surface area contributed by atoms with Gasteiger partial charge < -0.3 is 4.42 Å². The van der Waals surface area contributed by atoms with Crippen molar-refractivity contribution in [3.8, 4) is 0 Å². The van der Waals surface area contributed by atoms with Crippen LogP contribution in [0.1, 0.15) is 33.0 Å². The van der Waals surface area contributed by atoms with Crippen molar-refractivity contribution in [1.82, 2.24) is 4.98 Å². The Morgan fingerprint density at radius 1 is 1.10 bits per heavy atom. The topological polar surface area (TPSA) is 43.1 Å². The molecule has 0 bridgehead atoms. The maximum atomic E-state index is 12.8. The lowest BCUT2D eigenvalue weighted by atomic mass is 9.96. The van der Waals surface area contributed by atoms with Gasteiger partial charge in [0.25, 0.3) is 0 Å². The second-order valence-electron chi connectivity index (χ2n) is 4.95. The van der Waals surface area contributed by atoms with Gasteiger partial charge in [-0.3, -0.25) is 9.78 Å². The van der Waals surface area contributed by atoms with Crippen molar-refractivity contribution in [2.24, 2.45) is 0 Å². The van der Waals surface area contributed by atoms with Crippen molar-refractivity contribution in [2.75, 3.05) is 0 Å². The van der Waals surface area contributed by atoms with Crippen molar-refractivity contribution in [2.45, 2.75) is 20.8 Å². The summed E-state index contributed by atoms with van der Waals surface area (Å²) in [6, 6.07) is 7.57. The van der Waals surface area contributed by atoms with Crippen molar-refractivity contribution in [3.63, 3.8) is 0 Å². The maximum absolute atomic E-state index is 12.8. The van der Waals surface area contributed by atoms with Gasteiger partial charge in [0.2, 0.25) is 0 Å². The van der Waals surface area contributed by atoms with Crippen LogP contribution in [0.15, 0.2) is 41.1 Å². The minimum atomic E-state index is 0.00801. The molecule has 3 rings (SSSR count). The number of pyridine rings is 1. The molecular weight excluding hydrogens is 250 g/mol. The molecule has 0 amide bonds. The third kappa shape index (κ3) is 1.83. The number of aromatic nitrogens is 1. The first-order valence-electron chi connectivity index (χ1n) is 6.53. The Bertz CT molecular complexity index is 810. The van der Waals surface area contributed by atoms with Crippen LogP contribution in [0.5, 0.6) is 0 Å². The Kier molecular flexibility index (Phi) is 2.90. The number of aryl methyl sites for hydroxylation is 2. The van der Waals surface area contributed by atoms with Crippen LogP contribution >= 0.6 is 0 Å². The van der Waals surface area contributed by atoms with E-state index >= 15 is 0 Å². The molecule has 2 aromatic heterocycles. The quantitative estimate of drug-likeness (QED) is 0.658. The number of ketones is 1. The molecule has 0 saturated carbocycles. The fourth-order valence-electron chi connectivity index (χ4n) is 2.58. The SMILES string of the molecule is Cc1oc(C)c(C(=O)c2cccc3cnccc23)c1C. The van der Waals surface area contributed by atoms with Gasteiger partial charge >= 0.3 is 0 Å². The minimum Gasteiger partial charge on any atom is -0.466 e. The molecule has 2 heterocycles. The molecular formula is C17H15NO2. The van der Waals surface area contributed by atoms with E-state index < -0.39 is 0 Å². The van der Waals surface area contributed by atoms with Crippen LogP contribution in [0.2, 0.25) is 0 Å². The van der Waals surface area contributed by atoms with E-state index in [2.05, 4.69) is 4.98 Å². The van der Waals surface area contributed by atoms with E-state index in [0.29, 0.717) is 16.9 Å². The molecule has 0 spiro atoms. The number of benzene rings is 1. The number of nitrogens with zero attached hydrogens (tertiary/aromatic N) is 1. The first kappa shape index (κ1) is 12.6. The summed E-state index contributed by atoms with van der Waals surface area (Å²) in [6.07, 6.45) is 3.48. The first-order valence-corrected chi connectivity index (χ1v) is 6.53. The molecule has 0 aliphatic rings. The molecule has 1 aromatic carbocycles. The molecule has 3 heteroatoms. The van der Waals surface area contributed by atoms with Gasteiger partial charge in [0, 0.05) is 28.9 Å². The van der Waals surface area contributed by atoms with Gasteiger partial charge in [0.05, 0.1) is 5.56 Å². The van der Waals surface area contributed by atoms with Crippen LogP contribution in [0.25, 0.3) is 10.8 Å². The lowest BCUT2D eigenvalue weighted by Crippen LogP contribution is -2.04. The highest BCUT2D eigenvalue weighted by Gasteiger charge is 2.21. The summed E-state index contributed by atoms with van der Waals surface area (Å²) < 4.78 is 5.57. The minimum absolute atomic E-state index is 0.00801. The van der Waals surface area contributed by atoms with Crippen molar-refractivity contribution < 1.29 is 9.21 Å². The van der Waals surface area contributed by atoms with Crippen LogP contribution in [0.3, 0.4) is 0 Å². The molecule has 0 saturated heterocycles. The molecule has 100 valence electrons. The molecule has 0 aliphatic heterocycles. The molecule has 3 aromatic rings. The average Bonchev–Trinajstić information content (AvgIpc) is 2.71. The highest BCUT2D eigenvalue weighted by molar-refractivity contribution is 6.17. The highest BCUT2D eigenvalue weighted by Crippen LogP contribution is 2.26. The van der Waals surface area contributed by atoms with Gasteiger partial charge in [-0.15, -0.1) is 0 Å². The van der Waals surface area contributed by atoms with Gasteiger partial charge in [-0.1, -0.05) is 18.2 Å². The predicted octanol–water partition coefficient (Wildman–Crippen LogP) is 3.98. The number of hydrogen-bond acceptors (Lipinski definition) is 3. The molecule has 0 N–H and O–H groups in total. The van der Waals surface area contributed by atoms with E-state index in [0.717, 1.165) is 22.1 Å². The largest absolute Gasteiger partial charge is 0.466 e. The van der Waals surface area contributed by atoms with Crippen LogP contribution in [0.4, 0.5) is 0 Å². The Morgan fingerprint density at radius 3 is 2.60 bits per heavy atom. The van der Waals surface area contributed by atoms with Gasteiger partial charge in [-0.25, -0.2) is 0 Å². The Labute approximate surface area is 117 Å². The zero-order chi connectivity index (χ0) is 14.3. The number of carbonyl (C=O) groups excluding carboxylic acids is 1. The summed E-state index contributed by atoms with van der Waals surface area (Å²) in [4.78, 5) is 16.9. The van der Waals surface area contributed by atoms with Crippen LogP contribution in [-0.2, 0) is 0 Å². The van der Waals surface area contributed by atoms with Crippen LogP contribution in [0, 0.1) is 20.8 Å². The van der Waals surface area contributed by atoms with Crippen molar-refractivity contribution in [1.29, 1.82) is 0 Å². The first-order chi connectivity index (χ1) is 9.59. The van der Waals surface area contributed by atoms with Gasteiger partial charge in [-0.05, 0) is 32.2 Å². The zero-order valence-electron chi connectivity index (χ0n) is 11.7. The smallest absolute Gasteiger partial charge is 0.197 e. The summed E-state index contributed by atoms with van der Waals surface area (Å²) in [6.45, 7) is 5.64. The standard InChI is InChI=1S/C17H15NO2/c1-10-11(2)20-12(3)16(10)17(19)15-6-4-5-13-9-18-8-7-14(13)15/h4-9H,1-3H3. The summed E-state index contributed by atoms with van der Waals surface area (Å²) in [5.41, 5.74) is 2.28. The summed E-state index contributed by atoms with van der Waals surface area (Å²) in [5, 5.41) is 1.89. The third-order valence-electron chi connectivity index (χ3n) is 3.71. The molecule has 0 radical (unpaired) electrons. The molecule has 0 atom stereocenters. The molecule has 0 aliphatic carbocycles. The van der Waals surface area contributed by atoms with Gasteiger partial charge in [0.1, 0.15) is 11.5 Å². The fourth-order valence-corrected chi connectivity index (χ4v) is 2.58. The maximum Gasteiger partial charge on any atom is 0.197 e. The number of fused-ring (bicyclic) bond motifs is 1. The van der Waals surface area contributed by atoms with Gasteiger partial charge in [0.15, 0.2) is 5.78 Å². The van der Waals surface area contributed by atoms with Crippen LogP contribution < -0.4 is 0 Å². The predicted molar refractivity (Wildman–Crippen MR) is 78.1 cm³/mol. The monoisotopic (exact) mass is 265 g/mol.